The van der Waals surface area contributed by atoms with Gasteiger partial charge < -0.3 is 9.47 Å². The topological polar surface area (TPSA) is 35.5 Å². The molecule has 2 rings (SSSR count). The van der Waals surface area contributed by atoms with Crippen LogP contribution in [0.2, 0.25) is 0 Å². The van der Waals surface area contributed by atoms with Gasteiger partial charge in [-0.2, -0.15) is 8.78 Å². The monoisotopic (exact) mass is 338 g/mol. The summed E-state index contributed by atoms with van der Waals surface area (Å²) in [7, 11) is 0. The number of hydrogen-bond acceptors (Lipinski definition) is 3. The van der Waals surface area contributed by atoms with Gasteiger partial charge in [0.25, 0.3) is 0 Å². The van der Waals surface area contributed by atoms with Gasteiger partial charge in [0, 0.05) is 5.56 Å². The number of esters is 1. The molecule has 0 bridgehead atoms. The van der Waals surface area contributed by atoms with E-state index in [1.165, 1.54) is 36.4 Å². The highest BCUT2D eigenvalue weighted by Gasteiger charge is 2.32. The van der Waals surface area contributed by atoms with Gasteiger partial charge in [-0.3, -0.25) is 4.79 Å². The Balaban J connectivity index is 2.01. The smallest absolute Gasteiger partial charge is 0.310 e. The molecule has 2 aromatic carbocycles. The Kier molecular flexibility index (Phi) is 5.84. The summed E-state index contributed by atoms with van der Waals surface area (Å²) >= 11 is 0. The molecule has 0 aromatic heterocycles. The summed E-state index contributed by atoms with van der Waals surface area (Å²) in [5, 5.41) is 0. The maximum Gasteiger partial charge on any atom is 0.310 e. The molecule has 24 heavy (non-hydrogen) atoms. The largest absolute Gasteiger partial charge is 0.484 e. The number of rotatable bonds is 7. The van der Waals surface area contributed by atoms with E-state index in [2.05, 4.69) is 0 Å². The van der Waals surface area contributed by atoms with Crippen molar-refractivity contribution in [2.75, 3.05) is 13.2 Å². The molecule has 0 fully saturated rings. The molecule has 0 N–H and O–H groups in total. The van der Waals surface area contributed by atoms with Gasteiger partial charge in [-0.25, -0.2) is 4.39 Å². The first-order chi connectivity index (χ1) is 11.4. The van der Waals surface area contributed by atoms with E-state index in [9.17, 15) is 18.0 Å². The molecule has 2 aromatic rings. The van der Waals surface area contributed by atoms with E-state index in [4.69, 9.17) is 9.47 Å². The summed E-state index contributed by atoms with van der Waals surface area (Å²) in [5.74, 6) is -4.82. The van der Waals surface area contributed by atoms with Gasteiger partial charge in [0.1, 0.15) is 0 Å². The zero-order valence-corrected chi connectivity index (χ0v) is 13.1. The van der Waals surface area contributed by atoms with Crippen LogP contribution in [0.15, 0.2) is 48.5 Å². The van der Waals surface area contributed by atoms with Crippen LogP contribution in [-0.2, 0) is 21.9 Å². The van der Waals surface area contributed by atoms with Crippen LogP contribution in [0.1, 0.15) is 18.1 Å². The molecule has 0 radical (unpaired) electrons. The lowest BCUT2D eigenvalue weighted by atomic mass is 10.1. The van der Waals surface area contributed by atoms with Gasteiger partial charge in [-0.05, 0) is 24.6 Å². The SMILES string of the molecule is CCOC(=O)Cc1ccc(OCC(F)(F)c2ccccc2)c(F)c1. The maximum atomic E-state index is 14.0. The van der Waals surface area contributed by atoms with Gasteiger partial charge in [-0.15, -0.1) is 0 Å². The molecule has 0 atom stereocenters. The number of carbonyl (C=O) groups excluding carboxylic acids is 1. The quantitative estimate of drug-likeness (QED) is 0.713. The van der Waals surface area contributed by atoms with Crippen molar-refractivity contribution in [3.8, 4) is 5.75 Å². The minimum absolute atomic E-state index is 0.0920. The van der Waals surface area contributed by atoms with E-state index in [1.54, 1.807) is 13.0 Å². The Hall–Kier alpha value is -2.50. The van der Waals surface area contributed by atoms with Crippen molar-refractivity contribution < 1.29 is 27.4 Å². The molecule has 6 heteroatoms. The molecule has 0 aliphatic heterocycles. The summed E-state index contributed by atoms with van der Waals surface area (Å²) in [4.78, 5) is 11.3. The zero-order chi connectivity index (χ0) is 17.6. The number of alkyl halides is 2. The molecule has 0 aliphatic rings. The Bertz CT molecular complexity index is 687. The molecule has 3 nitrogen and oxygen atoms in total. The van der Waals surface area contributed by atoms with Crippen molar-refractivity contribution in [2.45, 2.75) is 19.3 Å². The van der Waals surface area contributed by atoms with Gasteiger partial charge in [-0.1, -0.05) is 36.4 Å². The number of carbonyl (C=O) groups is 1. The lowest BCUT2D eigenvalue weighted by Gasteiger charge is -2.18. The van der Waals surface area contributed by atoms with E-state index in [0.29, 0.717) is 5.56 Å². The van der Waals surface area contributed by atoms with Crippen LogP contribution in [-0.4, -0.2) is 19.2 Å². The molecular weight excluding hydrogens is 321 g/mol. The summed E-state index contributed by atoms with van der Waals surface area (Å²) < 4.78 is 51.6. The van der Waals surface area contributed by atoms with Crippen LogP contribution in [0.4, 0.5) is 13.2 Å². The number of benzene rings is 2. The molecule has 0 unspecified atom stereocenters. The molecule has 0 saturated heterocycles. The van der Waals surface area contributed by atoms with Crippen molar-refractivity contribution in [3.63, 3.8) is 0 Å². The second-order valence-electron chi connectivity index (χ2n) is 5.11. The van der Waals surface area contributed by atoms with Crippen LogP contribution in [0.5, 0.6) is 5.75 Å². The van der Waals surface area contributed by atoms with Gasteiger partial charge >= 0.3 is 11.9 Å². The first-order valence-electron chi connectivity index (χ1n) is 7.42. The fraction of sp³-hybridized carbons (Fsp3) is 0.278. The number of hydrogen-bond donors (Lipinski definition) is 0. The lowest BCUT2D eigenvalue weighted by molar-refractivity contribution is -0.142. The lowest BCUT2D eigenvalue weighted by Crippen LogP contribution is -2.23. The van der Waals surface area contributed by atoms with Crippen molar-refractivity contribution in [2.24, 2.45) is 0 Å². The third-order valence-electron chi connectivity index (χ3n) is 3.26. The third kappa shape index (κ3) is 4.75. The second kappa shape index (κ2) is 7.86. The Morgan fingerprint density at radius 1 is 1.12 bits per heavy atom. The fourth-order valence-electron chi connectivity index (χ4n) is 2.08. The average Bonchev–Trinajstić information content (AvgIpc) is 2.55. The highest BCUT2D eigenvalue weighted by Crippen LogP contribution is 2.29. The van der Waals surface area contributed by atoms with E-state index >= 15 is 0 Å². The van der Waals surface area contributed by atoms with Crippen molar-refractivity contribution >= 4 is 5.97 Å². The first-order valence-corrected chi connectivity index (χ1v) is 7.42. The van der Waals surface area contributed by atoms with Gasteiger partial charge in [0.2, 0.25) is 0 Å². The van der Waals surface area contributed by atoms with Crippen LogP contribution in [0, 0.1) is 5.82 Å². The molecule has 128 valence electrons. The summed E-state index contributed by atoms with van der Waals surface area (Å²) in [5.41, 5.74) is 0.178. The van der Waals surface area contributed by atoms with E-state index in [0.717, 1.165) is 6.07 Å². The van der Waals surface area contributed by atoms with Crippen LogP contribution >= 0.6 is 0 Å². The minimum atomic E-state index is -3.24. The van der Waals surface area contributed by atoms with Crippen LogP contribution in [0.25, 0.3) is 0 Å². The average molecular weight is 338 g/mol. The molecule has 0 spiro atoms. The van der Waals surface area contributed by atoms with Gasteiger partial charge in [0.15, 0.2) is 18.2 Å². The van der Waals surface area contributed by atoms with Crippen LogP contribution in [0.3, 0.4) is 0 Å². The molecule has 0 saturated carbocycles. The molecular formula is C18H17F3O3. The predicted molar refractivity (Wildman–Crippen MR) is 82.6 cm³/mol. The standard InChI is InChI=1S/C18H17F3O3/c1-2-23-17(22)11-13-8-9-16(15(19)10-13)24-12-18(20,21)14-6-4-3-5-7-14/h3-10H,2,11-12H2,1H3. The molecule has 0 aliphatic carbocycles. The summed E-state index contributed by atoms with van der Waals surface area (Å²) in [6, 6.07) is 10.9. The van der Waals surface area contributed by atoms with Crippen molar-refractivity contribution in [1.29, 1.82) is 0 Å². The highest BCUT2D eigenvalue weighted by molar-refractivity contribution is 5.72. The number of halogens is 3. The second-order valence-corrected chi connectivity index (χ2v) is 5.11. The molecule has 0 amide bonds. The highest BCUT2D eigenvalue weighted by atomic mass is 19.3. The third-order valence-corrected chi connectivity index (χ3v) is 3.26. The first kappa shape index (κ1) is 17.8. The van der Waals surface area contributed by atoms with Crippen molar-refractivity contribution in [3.05, 3.63) is 65.5 Å². The maximum absolute atomic E-state index is 14.0. The Labute approximate surface area is 138 Å². The molecule has 0 heterocycles. The van der Waals surface area contributed by atoms with E-state index in [1.807, 2.05) is 0 Å². The fourth-order valence-corrected chi connectivity index (χ4v) is 2.08. The van der Waals surface area contributed by atoms with E-state index in [-0.39, 0.29) is 24.3 Å². The Morgan fingerprint density at radius 3 is 2.46 bits per heavy atom. The van der Waals surface area contributed by atoms with Gasteiger partial charge in [0.05, 0.1) is 13.0 Å². The van der Waals surface area contributed by atoms with Crippen molar-refractivity contribution in [1.82, 2.24) is 0 Å². The zero-order valence-electron chi connectivity index (χ0n) is 13.1. The van der Waals surface area contributed by atoms with Crippen LogP contribution < -0.4 is 4.74 Å². The number of ether oxygens (including phenoxy) is 2. The normalized spacial score (nSPS) is 11.2. The van der Waals surface area contributed by atoms with E-state index < -0.39 is 24.3 Å². The minimum Gasteiger partial charge on any atom is -0.484 e. The summed E-state index contributed by atoms with van der Waals surface area (Å²) in [6.45, 7) is 0.921. The Morgan fingerprint density at radius 2 is 1.83 bits per heavy atom. The predicted octanol–water partition coefficient (Wildman–Crippen LogP) is 4.10. The summed E-state index contributed by atoms with van der Waals surface area (Å²) in [6.07, 6.45) is -0.0920.